The first-order valence-electron chi connectivity index (χ1n) is 7.58. The lowest BCUT2D eigenvalue weighted by molar-refractivity contribution is 0.422. The lowest BCUT2D eigenvalue weighted by Gasteiger charge is -2.33. The number of rotatable bonds is 5. The van der Waals surface area contributed by atoms with E-state index >= 15 is 0 Å². The largest absolute Gasteiger partial charge is 0.354 e. The molecular formula is C16H21N5. The van der Waals surface area contributed by atoms with Crippen LogP contribution < -0.4 is 10.2 Å². The molecule has 2 aromatic rings. The molecule has 1 aliphatic heterocycles. The number of nitrogens with zero attached hydrogens (tertiary/aromatic N) is 4. The van der Waals surface area contributed by atoms with Gasteiger partial charge in [0.1, 0.15) is 0 Å². The fourth-order valence-electron chi connectivity index (χ4n) is 2.76. The molecule has 1 N–H and O–H groups in total. The summed E-state index contributed by atoms with van der Waals surface area (Å²) < 4.78 is 0. The van der Waals surface area contributed by atoms with E-state index in [-0.39, 0.29) is 0 Å². The SMILES string of the molecule is c1ccc(CCN[C@@H]2CCCN(c3cccnn3)C2)nc1. The van der Waals surface area contributed by atoms with E-state index in [4.69, 9.17) is 0 Å². The molecule has 5 nitrogen and oxygen atoms in total. The van der Waals surface area contributed by atoms with Crippen molar-refractivity contribution in [1.29, 1.82) is 0 Å². The van der Waals surface area contributed by atoms with Crippen molar-refractivity contribution in [3.63, 3.8) is 0 Å². The van der Waals surface area contributed by atoms with Crippen molar-refractivity contribution in [2.75, 3.05) is 24.5 Å². The number of piperidine rings is 1. The molecule has 0 amide bonds. The van der Waals surface area contributed by atoms with E-state index in [1.807, 2.05) is 30.5 Å². The van der Waals surface area contributed by atoms with E-state index in [1.54, 1.807) is 6.20 Å². The van der Waals surface area contributed by atoms with Crippen molar-refractivity contribution < 1.29 is 0 Å². The third-order valence-corrected chi connectivity index (χ3v) is 3.84. The highest BCUT2D eigenvalue weighted by molar-refractivity contribution is 5.37. The van der Waals surface area contributed by atoms with Gasteiger partial charge in [-0.3, -0.25) is 4.98 Å². The van der Waals surface area contributed by atoms with Gasteiger partial charge in [0.25, 0.3) is 0 Å². The molecule has 0 aliphatic carbocycles. The predicted molar refractivity (Wildman–Crippen MR) is 83.2 cm³/mol. The second-order valence-corrected chi connectivity index (χ2v) is 5.39. The van der Waals surface area contributed by atoms with Gasteiger partial charge < -0.3 is 10.2 Å². The molecule has 3 heterocycles. The Bertz CT molecular complexity index is 531. The summed E-state index contributed by atoms with van der Waals surface area (Å²) in [6.45, 7) is 3.04. The van der Waals surface area contributed by atoms with Crippen LogP contribution in [0.1, 0.15) is 18.5 Å². The monoisotopic (exact) mass is 283 g/mol. The summed E-state index contributed by atoms with van der Waals surface area (Å²) >= 11 is 0. The molecule has 2 aromatic heterocycles. The van der Waals surface area contributed by atoms with Crippen LogP contribution in [0.2, 0.25) is 0 Å². The van der Waals surface area contributed by atoms with Crippen molar-refractivity contribution in [2.24, 2.45) is 0 Å². The molecule has 1 saturated heterocycles. The number of pyridine rings is 1. The van der Waals surface area contributed by atoms with Crippen molar-refractivity contribution in [1.82, 2.24) is 20.5 Å². The highest BCUT2D eigenvalue weighted by Crippen LogP contribution is 2.16. The lowest BCUT2D eigenvalue weighted by atomic mass is 10.1. The van der Waals surface area contributed by atoms with Crippen LogP contribution in [0.3, 0.4) is 0 Å². The zero-order valence-corrected chi connectivity index (χ0v) is 12.2. The maximum Gasteiger partial charge on any atom is 0.151 e. The molecule has 5 heteroatoms. The number of anilines is 1. The van der Waals surface area contributed by atoms with Gasteiger partial charge in [-0.2, -0.15) is 5.10 Å². The minimum atomic E-state index is 0.518. The molecule has 110 valence electrons. The van der Waals surface area contributed by atoms with Gasteiger partial charge in [0.05, 0.1) is 0 Å². The molecule has 0 saturated carbocycles. The van der Waals surface area contributed by atoms with Crippen LogP contribution in [-0.4, -0.2) is 40.9 Å². The second kappa shape index (κ2) is 7.13. The lowest BCUT2D eigenvalue weighted by Crippen LogP contribution is -2.46. The van der Waals surface area contributed by atoms with E-state index in [2.05, 4.69) is 31.5 Å². The molecular weight excluding hydrogens is 262 g/mol. The van der Waals surface area contributed by atoms with Crippen LogP contribution in [-0.2, 0) is 6.42 Å². The third-order valence-electron chi connectivity index (χ3n) is 3.84. The van der Waals surface area contributed by atoms with Crippen LogP contribution in [0.4, 0.5) is 5.82 Å². The van der Waals surface area contributed by atoms with Crippen LogP contribution in [0.15, 0.2) is 42.7 Å². The Balaban J connectivity index is 1.48. The maximum absolute atomic E-state index is 4.36. The fraction of sp³-hybridized carbons (Fsp3) is 0.438. The summed E-state index contributed by atoms with van der Waals surface area (Å²) in [5.41, 5.74) is 1.14. The molecule has 1 aliphatic rings. The van der Waals surface area contributed by atoms with Gasteiger partial charge in [-0.05, 0) is 37.1 Å². The predicted octanol–water partition coefficient (Wildman–Crippen LogP) is 1.67. The van der Waals surface area contributed by atoms with Gasteiger partial charge in [0.15, 0.2) is 5.82 Å². The van der Waals surface area contributed by atoms with Gasteiger partial charge in [-0.1, -0.05) is 6.07 Å². The van der Waals surface area contributed by atoms with Crippen LogP contribution in [0, 0.1) is 0 Å². The Kier molecular flexibility index (Phi) is 4.74. The first-order chi connectivity index (χ1) is 10.4. The van der Waals surface area contributed by atoms with E-state index in [1.165, 1.54) is 12.8 Å². The summed E-state index contributed by atoms with van der Waals surface area (Å²) in [4.78, 5) is 6.67. The summed E-state index contributed by atoms with van der Waals surface area (Å²) in [5, 5.41) is 11.8. The van der Waals surface area contributed by atoms with Crippen molar-refractivity contribution >= 4 is 5.82 Å². The number of hydrogen-bond acceptors (Lipinski definition) is 5. The normalized spacial score (nSPS) is 18.7. The fourth-order valence-corrected chi connectivity index (χ4v) is 2.76. The molecule has 1 fully saturated rings. The third kappa shape index (κ3) is 3.98. The Morgan fingerprint density at radius 2 is 2.19 bits per heavy atom. The van der Waals surface area contributed by atoms with Gasteiger partial charge >= 0.3 is 0 Å². The average Bonchev–Trinajstić information content (AvgIpc) is 2.57. The number of aromatic nitrogens is 3. The smallest absolute Gasteiger partial charge is 0.151 e. The van der Waals surface area contributed by atoms with Crippen molar-refractivity contribution in [3.8, 4) is 0 Å². The van der Waals surface area contributed by atoms with E-state index in [0.717, 1.165) is 37.6 Å². The van der Waals surface area contributed by atoms with E-state index in [0.29, 0.717) is 6.04 Å². The van der Waals surface area contributed by atoms with E-state index < -0.39 is 0 Å². The van der Waals surface area contributed by atoms with Gasteiger partial charge in [0, 0.05) is 50.2 Å². The van der Waals surface area contributed by atoms with Crippen LogP contribution in [0.5, 0.6) is 0 Å². The topological polar surface area (TPSA) is 53.9 Å². The summed E-state index contributed by atoms with van der Waals surface area (Å²) in [5.74, 6) is 0.980. The maximum atomic E-state index is 4.36. The summed E-state index contributed by atoms with van der Waals surface area (Å²) in [7, 11) is 0. The summed E-state index contributed by atoms with van der Waals surface area (Å²) in [6.07, 6.45) is 6.96. The minimum Gasteiger partial charge on any atom is -0.354 e. The Morgan fingerprint density at radius 3 is 3.00 bits per heavy atom. The number of hydrogen-bond donors (Lipinski definition) is 1. The van der Waals surface area contributed by atoms with Gasteiger partial charge in [0.2, 0.25) is 0 Å². The molecule has 0 bridgehead atoms. The number of nitrogens with one attached hydrogen (secondary N) is 1. The van der Waals surface area contributed by atoms with Crippen LogP contribution >= 0.6 is 0 Å². The molecule has 21 heavy (non-hydrogen) atoms. The highest BCUT2D eigenvalue weighted by atomic mass is 15.3. The molecule has 3 rings (SSSR count). The molecule has 0 radical (unpaired) electrons. The van der Waals surface area contributed by atoms with Crippen LogP contribution in [0.25, 0.3) is 0 Å². The molecule has 1 atom stereocenters. The van der Waals surface area contributed by atoms with Gasteiger partial charge in [-0.25, -0.2) is 0 Å². The van der Waals surface area contributed by atoms with Gasteiger partial charge in [-0.15, -0.1) is 5.10 Å². The molecule has 0 unspecified atom stereocenters. The Morgan fingerprint density at radius 1 is 1.19 bits per heavy atom. The van der Waals surface area contributed by atoms with E-state index in [9.17, 15) is 0 Å². The molecule has 0 aromatic carbocycles. The standard InChI is InChI=1S/C16H21N5/c1-2-9-17-14(5-1)8-11-18-15-6-4-12-21(13-15)16-7-3-10-19-20-16/h1-3,5,7,9-10,15,18H,4,6,8,11-13H2/t15-/m1/s1. The second-order valence-electron chi connectivity index (χ2n) is 5.39. The summed E-state index contributed by atoms with van der Waals surface area (Å²) in [6, 6.07) is 10.6. The quantitative estimate of drug-likeness (QED) is 0.904. The Hall–Kier alpha value is -2.01. The highest BCUT2D eigenvalue weighted by Gasteiger charge is 2.20. The zero-order valence-electron chi connectivity index (χ0n) is 12.2. The van der Waals surface area contributed by atoms with Crippen molar-refractivity contribution in [3.05, 3.63) is 48.4 Å². The van der Waals surface area contributed by atoms with Crippen molar-refractivity contribution in [2.45, 2.75) is 25.3 Å². The minimum absolute atomic E-state index is 0.518. The average molecular weight is 283 g/mol. The first-order valence-corrected chi connectivity index (χ1v) is 7.58. The Labute approximate surface area is 125 Å². The molecule has 0 spiro atoms. The first kappa shape index (κ1) is 13.9. The zero-order chi connectivity index (χ0) is 14.3.